The minimum atomic E-state index is -3.56. The summed E-state index contributed by atoms with van der Waals surface area (Å²) in [7, 11) is -1.99. The minimum Gasteiger partial charge on any atom is -0.497 e. The topological polar surface area (TPSA) is 46.6 Å². The average molecular weight is 317 g/mol. The molecule has 0 N–H and O–H groups in total. The molecule has 1 unspecified atom stereocenters. The zero-order chi connectivity index (χ0) is 15.7. The van der Waals surface area contributed by atoms with E-state index in [4.69, 9.17) is 4.74 Å². The Hall–Kier alpha value is -2.01. The highest BCUT2D eigenvalue weighted by Gasteiger charge is 2.31. The van der Waals surface area contributed by atoms with Crippen LogP contribution in [0.15, 0.2) is 53.4 Å². The molecule has 22 heavy (non-hydrogen) atoms. The molecule has 1 aliphatic heterocycles. The lowest BCUT2D eigenvalue weighted by atomic mass is 9.96. The molecule has 4 nitrogen and oxygen atoms in total. The van der Waals surface area contributed by atoms with Gasteiger partial charge in [-0.3, -0.25) is 4.31 Å². The van der Waals surface area contributed by atoms with E-state index in [0.717, 1.165) is 17.7 Å². The summed E-state index contributed by atoms with van der Waals surface area (Å²) in [6, 6.07) is 14.2. The highest BCUT2D eigenvalue weighted by atomic mass is 32.2. The number of para-hydroxylation sites is 1. The zero-order valence-electron chi connectivity index (χ0n) is 12.7. The lowest BCUT2D eigenvalue weighted by Crippen LogP contribution is -2.39. The van der Waals surface area contributed by atoms with Crippen molar-refractivity contribution in [3.63, 3.8) is 0 Å². The summed E-state index contributed by atoms with van der Waals surface area (Å²) in [5, 5.41) is 0. The Bertz CT molecular complexity index is 769. The molecule has 3 rings (SSSR count). The van der Waals surface area contributed by atoms with Crippen LogP contribution in [0.1, 0.15) is 12.5 Å². The largest absolute Gasteiger partial charge is 0.497 e. The van der Waals surface area contributed by atoms with Crippen LogP contribution in [-0.2, 0) is 16.4 Å². The number of hydrogen-bond donors (Lipinski definition) is 0. The number of rotatable bonds is 3. The first-order chi connectivity index (χ1) is 10.5. The normalized spacial score (nSPS) is 17.9. The fourth-order valence-electron chi connectivity index (χ4n) is 2.85. The van der Waals surface area contributed by atoms with Crippen molar-refractivity contribution in [3.8, 4) is 5.75 Å². The number of fused-ring (bicyclic) bond motifs is 1. The highest BCUT2D eigenvalue weighted by Crippen LogP contribution is 2.34. The van der Waals surface area contributed by atoms with Gasteiger partial charge in [-0.2, -0.15) is 0 Å². The van der Waals surface area contributed by atoms with Crippen LogP contribution in [0.3, 0.4) is 0 Å². The maximum absolute atomic E-state index is 13.0. The van der Waals surface area contributed by atoms with Crippen molar-refractivity contribution < 1.29 is 13.2 Å². The van der Waals surface area contributed by atoms with E-state index in [-0.39, 0.29) is 4.90 Å². The van der Waals surface area contributed by atoms with Gasteiger partial charge in [0.05, 0.1) is 17.7 Å². The van der Waals surface area contributed by atoms with Crippen molar-refractivity contribution in [2.45, 2.75) is 18.2 Å². The summed E-state index contributed by atoms with van der Waals surface area (Å²) in [5.41, 5.74) is 1.87. The van der Waals surface area contributed by atoms with Gasteiger partial charge >= 0.3 is 0 Å². The van der Waals surface area contributed by atoms with Gasteiger partial charge in [-0.05, 0) is 48.2 Å². The van der Waals surface area contributed by atoms with E-state index in [1.54, 1.807) is 31.4 Å². The fourth-order valence-corrected chi connectivity index (χ4v) is 4.47. The van der Waals surface area contributed by atoms with Crippen molar-refractivity contribution in [1.82, 2.24) is 0 Å². The maximum atomic E-state index is 13.0. The van der Waals surface area contributed by atoms with Gasteiger partial charge in [0.1, 0.15) is 5.75 Å². The molecule has 5 heteroatoms. The number of ether oxygens (including phenoxy) is 1. The molecule has 0 aliphatic carbocycles. The molecular formula is C17H19NO3S. The second-order valence-electron chi connectivity index (χ2n) is 5.65. The van der Waals surface area contributed by atoms with Gasteiger partial charge in [0.15, 0.2) is 0 Å². The monoisotopic (exact) mass is 317 g/mol. The highest BCUT2D eigenvalue weighted by molar-refractivity contribution is 7.92. The van der Waals surface area contributed by atoms with Crippen molar-refractivity contribution in [2.75, 3.05) is 18.0 Å². The number of sulfonamides is 1. The molecule has 0 amide bonds. The van der Waals surface area contributed by atoms with Gasteiger partial charge in [-0.25, -0.2) is 8.42 Å². The Balaban J connectivity index is 2.05. The molecule has 0 aromatic heterocycles. The van der Waals surface area contributed by atoms with Crippen LogP contribution in [0.2, 0.25) is 0 Å². The Morgan fingerprint density at radius 2 is 1.77 bits per heavy atom. The standard InChI is InChI=1S/C17H19NO3S/c1-13-11-14-5-3-4-6-17(14)18(12-13)22(19,20)16-9-7-15(21-2)8-10-16/h3-10,13H,11-12H2,1-2H3. The molecule has 2 aromatic rings. The third-order valence-corrected chi connectivity index (χ3v) is 5.75. The van der Waals surface area contributed by atoms with Crippen LogP contribution in [-0.4, -0.2) is 22.1 Å². The number of methoxy groups -OCH3 is 1. The summed E-state index contributed by atoms with van der Waals surface area (Å²) in [6.07, 6.45) is 0.908. The van der Waals surface area contributed by atoms with Gasteiger partial charge in [0.25, 0.3) is 10.0 Å². The third kappa shape index (κ3) is 2.57. The maximum Gasteiger partial charge on any atom is 0.264 e. The van der Waals surface area contributed by atoms with Crippen molar-refractivity contribution in [2.24, 2.45) is 5.92 Å². The van der Waals surface area contributed by atoms with Gasteiger partial charge in [0.2, 0.25) is 0 Å². The van der Waals surface area contributed by atoms with E-state index in [1.165, 1.54) is 4.31 Å². The molecule has 0 bridgehead atoms. The molecular weight excluding hydrogens is 298 g/mol. The first-order valence-corrected chi connectivity index (χ1v) is 8.71. The number of nitrogens with zero attached hydrogens (tertiary/aromatic N) is 1. The third-order valence-electron chi connectivity index (χ3n) is 3.95. The Labute approximate surface area is 131 Å². The average Bonchev–Trinajstić information content (AvgIpc) is 2.54. The number of anilines is 1. The van der Waals surface area contributed by atoms with Gasteiger partial charge in [0, 0.05) is 6.54 Å². The Kier molecular flexibility index (Phi) is 3.83. The Morgan fingerprint density at radius 3 is 2.45 bits per heavy atom. The first-order valence-electron chi connectivity index (χ1n) is 7.27. The second kappa shape index (κ2) is 5.65. The predicted octanol–water partition coefficient (Wildman–Crippen LogP) is 3.08. The quantitative estimate of drug-likeness (QED) is 0.874. The van der Waals surface area contributed by atoms with Gasteiger partial charge in [-0.15, -0.1) is 0 Å². The molecule has 0 saturated carbocycles. The molecule has 116 valence electrons. The minimum absolute atomic E-state index is 0.289. The second-order valence-corrected chi connectivity index (χ2v) is 7.51. The molecule has 0 saturated heterocycles. The summed E-state index contributed by atoms with van der Waals surface area (Å²) in [6.45, 7) is 2.58. The van der Waals surface area contributed by atoms with Crippen LogP contribution in [0.5, 0.6) is 5.75 Å². The van der Waals surface area contributed by atoms with E-state index < -0.39 is 10.0 Å². The van der Waals surface area contributed by atoms with Gasteiger partial charge in [-0.1, -0.05) is 25.1 Å². The molecule has 1 aliphatic rings. The molecule has 1 heterocycles. The van der Waals surface area contributed by atoms with E-state index in [0.29, 0.717) is 18.2 Å². The van der Waals surface area contributed by atoms with Crippen LogP contribution >= 0.6 is 0 Å². The van der Waals surface area contributed by atoms with E-state index in [2.05, 4.69) is 6.92 Å². The van der Waals surface area contributed by atoms with Crippen LogP contribution < -0.4 is 9.04 Å². The SMILES string of the molecule is COc1ccc(S(=O)(=O)N2CC(C)Cc3ccccc32)cc1. The van der Waals surface area contributed by atoms with Crippen LogP contribution in [0.4, 0.5) is 5.69 Å². The van der Waals surface area contributed by atoms with Crippen molar-refractivity contribution >= 4 is 15.7 Å². The van der Waals surface area contributed by atoms with E-state index >= 15 is 0 Å². The summed E-state index contributed by atoms with van der Waals surface area (Å²) < 4.78 is 32.6. The van der Waals surface area contributed by atoms with E-state index in [9.17, 15) is 8.42 Å². The summed E-state index contributed by atoms with van der Waals surface area (Å²) in [4.78, 5) is 0.289. The molecule has 2 aromatic carbocycles. The van der Waals surface area contributed by atoms with Crippen LogP contribution in [0, 0.1) is 5.92 Å². The summed E-state index contributed by atoms with van der Waals surface area (Å²) in [5.74, 6) is 0.939. The molecule has 0 radical (unpaired) electrons. The fraction of sp³-hybridized carbons (Fsp3) is 0.294. The zero-order valence-corrected chi connectivity index (χ0v) is 13.5. The lowest BCUT2D eigenvalue weighted by molar-refractivity contribution is 0.414. The Morgan fingerprint density at radius 1 is 1.09 bits per heavy atom. The lowest BCUT2D eigenvalue weighted by Gasteiger charge is -2.33. The molecule has 1 atom stereocenters. The number of hydrogen-bond acceptors (Lipinski definition) is 3. The summed E-state index contributed by atoms with van der Waals surface area (Å²) >= 11 is 0. The molecule has 0 spiro atoms. The van der Waals surface area contributed by atoms with Crippen molar-refractivity contribution in [3.05, 3.63) is 54.1 Å². The van der Waals surface area contributed by atoms with Crippen molar-refractivity contribution in [1.29, 1.82) is 0 Å². The van der Waals surface area contributed by atoms with E-state index in [1.807, 2.05) is 24.3 Å². The molecule has 0 fully saturated rings. The van der Waals surface area contributed by atoms with Gasteiger partial charge < -0.3 is 4.74 Å². The number of benzene rings is 2. The van der Waals surface area contributed by atoms with Crippen LogP contribution in [0.25, 0.3) is 0 Å². The predicted molar refractivity (Wildman–Crippen MR) is 86.8 cm³/mol. The first kappa shape index (κ1) is 14.9. The smallest absolute Gasteiger partial charge is 0.264 e.